The van der Waals surface area contributed by atoms with Crippen molar-refractivity contribution in [3.8, 4) is 0 Å². The predicted molar refractivity (Wildman–Crippen MR) is 252 cm³/mol. The number of likely N-dealkylation sites (N-methyl/N-ethyl adjacent to an activating group) is 1. The van der Waals surface area contributed by atoms with E-state index in [2.05, 4.69) is 10.1 Å². The van der Waals surface area contributed by atoms with Crippen LogP contribution in [0.2, 0.25) is 0 Å². The molecule has 0 radical (unpaired) electrons. The van der Waals surface area contributed by atoms with Crippen molar-refractivity contribution >= 4 is 17.6 Å². The molecule has 402 valence electrons. The molecule has 1 amide bonds. The zero-order valence-electron chi connectivity index (χ0n) is 43.5. The van der Waals surface area contributed by atoms with Crippen molar-refractivity contribution in [3.05, 3.63) is 0 Å². The molecule has 21 heteroatoms. The summed E-state index contributed by atoms with van der Waals surface area (Å²) >= 11 is 0. The Bertz CT molecular complexity index is 1620. The van der Waals surface area contributed by atoms with Crippen LogP contribution in [0.3, 0.4) is 0 Å². The van der Waals surface area contributed by atoms with Crippen molar-refractivity contribution in [2.75, 3.05) is 87.1 Å². The summed E-state index contributed by atoms with van der Waals surface area (Å²) in [6.45, 7) is 20.4. The second-order valence-corrected chi connectivity index (χ2v) is 20.6. The number of cyclic esters (lactones) is 1. The molecule has 0 spiro atoms. The van der Waals surface area contributed by atoms with E-state index in [0.29, 0.717) is 39.3 Å². The Morgan fingerprint density at radius 2 is 1.55 bits per heavy atom. The number of rotatable bonds is 17. The molecule has 4 heterocycles. The number of aliphatic hydroxyl groups excluding tert-OH is 4. The first-order valence-corrected chi connectivity index (χ1v) is 24.8. The molecule has 4 rings (SSSR count). The van der Waals surface area contributed by atoms with Gasteiger partial charge in [0.05, 0.1) is 85.8 Å². The van der Waals surface area contributed by atoms with E-state index in [4.69, 9.17) is 42.7 Å². The average molecular weight is 993 g/mol. The minimum Gasteiger partial charge on any atom is -0.459 e. The Labute approximate surface area is 409 Å². The van der Waals surface area contributed by atoms with E-state index in [-0.39, 0.29) is 63.9 Å². The van der Waals surface area contributed by atoms with Gasteiger partial charge in [0.15, 0.2) is 12.6 Å². The fourth-order valence-corrected chi connectivity index (χ4v) is 10.6. The average Bonchev–Trinajstić information content (AvgIpc) is 3.30. The zero-order chi connectivity index (χ0) is 51.6. The fourth-order valence-electron chi connectivity index (χ4n) is 10.6. The predicted octanol–water partition coefficient (Wildman–Crippen LogP) is 0.716. The van der Waals surface area contributed by atoms with Crippen LogP contribution in [0.5, 0.6) is 0 Å². The van der Waals surface area contributed by atoms with Gasteiger partial charge in [0, 0.05) is 78.2 Å². The number of hydrogen-bond donors (Lipinski definition) is 6. The molecule has 69 heavy (non-hydrogen) atoms. The maximum absolute atomic E-state index is 14.5. The Morgan fingerprint density at radius 1 is 0.899 bits per heavy atom. The summed E-state index contributed by atoms with van der Waals surface area (Å²) in [4.78, 5) is 39.7. The topological polar surface area (TPSA) is 261 Å². The van der Waals surface area contributed by atoms with Crippen LogP contribution in [0, 0.1) is 23.7 Å². The number of hydrogen-bond acceptors (Lipinski definition) is 20. The second kappa shape index (κ2) is 26.2. The van der Waals surface area contributed by atoms with E-state index in [1.54, 1.807) is 62.4 Å². The van der Waals surface area contributed by atoms with Gasteiger partial charge < -0.3 is 78.3 Å². The van der Waals surface area contributed by atoms with E-state index in [1.165, 1.54) is 26.0 Å². The first kappa shape index (κ1) is 59.4. The van der Waals surface area contributed by atoms with Gasteiger partial charge in [-0.15, -0.1) is 0 Å². The van der Waals surface area contributed by atoms with E-state index in [0.717, 1.165) is 0 Å². The van der Waals surface area contributed by atoms with Crippen LogP contribution < -0.4 is 0 Å². The molecule has 0 aliphatic carbocycles. The quantitative estimate of drug-likeness (QED) is 0.0508. The molecule has 0 bridgehead atoms. The summed E-state index contributed by atoms with van der Waals surface area (Å²) < 4.78 is 48.6. The molecule has 21 nitrogen and oxygen atoms in total. The first-order valence-electron chi connectivity index (χ1n) is 24.8. The molecule has 4 aliphatic heterocycles. The van der Waals surface area contributed by atoms with Crippen LogP contribution in [0.25, 0.3) is 0 Å². The number of carbonyl (C=O) groups is 2. The number of β-amino-alcohol motifs (C(OH)–C–C–N with tert-alkyl or cyclic N) is 1. The van der Waals surface area contributed by atoms with Gasteiger partial charge in [-0.25, -0.2) is 0 Å². The number of piperazine rings is 1. The molecular formula is C48H88N4O17. The molecule has 0 aromatic rings. The van der Waals surface area contributed by atoms with Crippen molar-refractivity contribution < 1.29 is 83.0 Å². The molecule has 0 unspecified atom stereocenters. The van der Waals surface area contributed by atoms with Gasteiger partial charge in [-0.1, -0.05) is 32.9 Å². The summed E-state index contributed by atoms with van der Waals surface area (Å²) in [5.41, 5.74) is -4.74. The van der Waals surface area contributed by atoms with Gasteiger partial charge in [-0.2, -0.15) is 0 Å². The molecule has 0 saturated carbocycles. The Balaban J connectivity index is 1.79. The Kier molecular flexibility index (Phi) is 22.5. The monoisotopic (exact) mass is 993 g/mol. The van der Waals surface area contributed by atoms with Crippen molar-refractivity contribution in [2.45, 2.75) is 179 Å². The van der Waals surface area contributed by atoms with Crippen molar-refractivity contribution in [2.24, 2.45) is 28.8 Å². The Morgan fingerprint density at radius 3 is 2.16 bits per heavy atom. The van der Waals surface area contributed by atoms with E-state index >= 15 is 0 Å². The number of oxime groups is 1. The standard InChI is InChI=1S/C48H88N4O17/c1-14-35-48(10,60)41(56)30(4)38(49-64-27-63-22-21-61-12)28(2)24-46(8,59)43(31(5)40(32(6)44(58)67-35)68-37-25-47(9,62-13)42(57)33(7)66-37)69-45-39(55)34(23-29(3)65-45)50(11)36(54)26-52-17-15-51(16-18-52)19-20-53/h28-35,37,39-43,45,53,55-57,59-60H,14-27H2,1-13H3/b49-38+/t28-,29-,30+,31+,32-,33+,34+,35-,37+,39-,40+,41-,42+,43-,45+,46+,47-,48-/m1/s1. The molecule has 0 aromatic carbocycles. The molecular weight excluding hydrogens is 905 g/mol. The van der Waals surface area contributed by atoms with Crippen molar-refractivity contribution in [3.63, 3.8) is 0 Å². The summed E-state index contributed by atoms with van der Waals surface area (Å²) in [7, 11) is 4.65. The molecule has 4 saturated heterocycles. The second-order valence-electron chi connectivity index (χ2n) is 20.6. The van der Waals surface area contributed by atoms with E-state index < -0.39 is 114 Å². The normalized spacial score (nSPS) is 42.2. The smallest absolute Gasteiger partial charge is 0.311 e. The lowest BCUT2D eigenvalue weighted by atomic mass is 9.73. The summed E-state index contributed by atoms with van der Waals surface area (Å²) in [6.07, 6.45) is -11.1. The van der Waals surface area contributed by atoms with Crippen LogP contribution in [0.15, 0.2) is 5.16 Å². The number of esters is 1. The summed E-state index contributed by atoms with van der Waals surface area (Å²) in [5.74, 6) is -4.69. The van der Waals surface area contributed by atoms with Crippen molar-refractivity contribution in [1.29, 1.82) is 0 Å². The highest BCUT2D eigenvalue weighted by Gasteiger charge is 2.54. The SMILES string of the molecule is CC[C@H]1OC(=O)[C@H](C)[C@@H](O[C@H]2C[C@@](C)(OC)[C@@H](O)[C@H](C)O2)[C@H](C)[C@@H](O[C@@H]2O[C@H](C)C[C@H](N(C)C(=O)CN3CCN(CCO)CC3)[C@H]2O)[C@@](C)(O)C[C@@H](C)/C(=N\OCOCCOC)[C@H](C)[C@@H](O)[C@]1(C)O. The molecule has 0 aromatic heterocycles. The maximum atomic E-state index is 14.5. The number of nitrogens with zero attached hydrogens (tertiary/aromatic N) is 4. The lowest BCUT2D eigenvalue weighted by molar-refractivity contribution is -0.317. The first-order chi connectivity index (χ1) is 32.4. The molecule has 4 aliphatic rings. The van der Waals surface area contributed by atoms with Gasteiger partial charge in [-0.05, 0) is 60.8 Å². The third-order valence-corrected chi connectivity index (χ3v) is 15.1. The minimum absolute atomic E-state index is 0.0483. The third kappa shape index (κ3) is 15.0. The van der Waals surface area contributed by atoms with Crippen LogP contribution >= 0.6 is 0 Å². The van der Waals surface area contributed by atoms with Gasteiger partial charge >= 0.3 is 5.97 Å². The highest BCUT2D eigenvalue weighted by Crippen LogP contribution is 2.41. The largest absolute Gasteiger partial charge is 0.459 e. The highest BCUT2D eigenvalue weighted by atomic mass is 16.7. The van der Waals surface area contributed by atoms with Gasteiger partial charge in [-0.3, -0.25) is 19.4 Å². The van der Waals surface area contributed by atoms with E-state index in [9.17, 15) is 40.2 Å². The molecule has 18 atom stereocenters. The number of methoxy groups -OCH3 is 2. The third-order valence-electron chi connectivity index (χ3n) is 15.1. The van der Waals surface area contributed by atoms with Gasteiger partial charge in [0.1, 0.15) is 23.9 Å². The molecule has 4 fully saturated rings. The zero-order valence-corrected chi connectivity index (χ0v) is 43.5. The summed E-state index contributed by atoms with van der Waals surface area (Å²) in [6, 6.07) is -0.751. The highest BCUT2D eigenvalue weighted by molar-refractivity contribution is 5.88. The van der Waals surface area contributed by atoms with Crippen molar-refractivity contribution in [1.82, 2.24) is 14.7 Å². The maximum Gasteiger partial charge on any atom is 0.311 e. The number of aliphatic hydroxyl groups is 6. The van der Waals surface area contributed by atoms with Crippen LogP contribution in [0.4, 0.5) is 0 Å². The minimum atomic E-state index is -2.01. The van der Waals surface area contributed by atoms with Crippen LogP contribution in [-0.4, -0.2) is 234 Å². The van der Waals surface area contributed by atoms with Crippen LogP contribution in [0.1, 0.15) is 94.9 Å². The lowest BCUT2D eigenvalue weighted by Crippen LogP contribution is -2.62. The van der Waals surface area contributed by atoms with Gasteiger partial charge in [0.2, 0.25) is 12.7 Å². The molecule has 6 N–H and O–H groups in total. The fraction of sp³-hybridized carbons (Fsp3) is 0.938. The number of amides is 1. The van der Waals surface area contributed by atoms with Crippen LogP contribution in [-0.2, 0) is 52.3 Å². The summed E-state index contributed by atoms with van der Waals surface area (Å²) in [5, 5.41) is 74.1. The lowest BCUT2D eigenvalue weighted by Gasteiger charge is -2.49. The number of ether oxygens (including phenoxy) is 8. The Hall–Kier alpha value is -2.19. The number of carbonyl (C=O) groups excluding carboxylic acids is 2. The van der Waals surface area contributed by atoms with Gasteiger partial charge in [0.25, 0.3) is 0 Å². The van der Waals surface area contributed by atoms with E-state index in [1.807, 2.05) is 11.8 Å².